The molecule has 0 aliphatic heterocycles. The average molecular weight is 304 g/mol. The molecule has 0 fully saturated rings. The largest absolute Gasteiger partial charge is 0.378 e. The van der Waals surface area contributed by atoms with Crippen LogP contribution in [0.2, 0.25) is 0 Å². The van der Waals surface area contributed by atoms with Crippen molar-refractivity contribution in [2.24, 2.45) is 0 Å². The van der Waals surface area contributed by atoms with Gasteiger partial charge in [0, 0.05) is 24.3 Å². The molecule has 0 saturated carbocycles. The molecule has 0 aliphatic carbocycles. The van der Waals surface area contributed by atoms with E-state index in [4.69, 9.17) is 4.74 Å². The van der Waals surface area contributed by atoms with Gasteiger partial charge in [-0.15, -0.1) is 11.3 Å². The van der Waals surface area contributed by atoms with Gasteiger partial charge in [-0.2, -0.15) is 14.6 Å². The molecule has 21 heavy (non-hydrogen) atoms. The molecule has 1 N–H and O–H groups in total. The highest BCUT2D eigenvalue weighted by molar-refractivity contribution is 7.11. The van der Waals surface area contributed by atoms with Crippen LogP contribution in [0.1, 0.15) is 28.5 Å². The predicted octanol–water partition coefficient (Wildman–Crippen LogP) is 2.21. The number of aromatic nitrogens is 5. The molecule has 3 aromatic rings. The maximum absolute atomic E-state index is 5.14. The van der Waals surface area contributed by atoms with Crippen molar-refractivity contribution in [2.75, 3.05) is 12.4 Å². The third kappa shape index (κ3) is 2.86. The van der Waals surface area contributed by atoms with Gasteiger partial charge in [0.25, 0.3) is 5.78 Å². The Labute approximate surface area is 126 Å². The quantitative estimate of drug-likeness (QED) is 0.778. The summed E-state index contributed by atoms with van der Waals surface area (Å²) in [5.41, 5.74) is 0.808. The van der Waals surface area contributed by atoms with Crippen LogP contribution in [0.5, 0.6) is 0 Å². The number of fused-ring (bicyclic) bond motifs is 1. The summed E-state index contributed by atoms with van der Waals surface area (Å²) < 4.78 is 6.82. The highest BCUT2D eigenvalue weighted by Gasteiger charge is 2.13. The Morgan fingerprint density at radius 2 is 2.29 bits per heavy atom. The summed E-state index contributed by atoms with van der Waals surface area (Å²) in [5, 5.41) is 8.64. The standard InChI is InChI=1S/C13H16N6OS/c1-8-5-14-12(21-8)9(2)17-11-4-10(6-20-3)18-13-15-7-16-19(11)13/h4-5,7,9,17H,6H2,1-3H3. The Hall–Kier alpha value is -2.06. The second kappa shape index (κ2) is 5.74. The molecule has 0 radical (unpaired) electrons. The van der Waals surface area contributed by atoms with E-state index in [-0.39, 0.29) is 6.04 Å². The van der Waals surface area contributed by atoms with Crippen LogP contribution < -0.4 is 5.32 Å². The van der Waals surface area contributed by atoms with Crippen LogP contribution in [0.25, 0.3) is 5.78 Å². The van der Waals surface area contributed by atoms with Crippen molar-refractivity contribution in [3.8, 4) is 0 Å². The van der Waals surface area contributed by atoms with Gasteiger partial charge < -0.3 is 10.1 Å². The van der Waals surface area contributed by atoms with Gasteiger partial charge in [0.2, 0.25) is 0 Å². The molecule has 0 bridgehead atoms. The molecular weight excluding hydrogens is 288 g/mol. The van der Waals surface area contributed by atoms with Crippen molar-refractivity contribution in [1.29, 1.82) is 0 Å². The lowest BCUT2D eigenvalue weighted by molar-refractivity contribution is 0.181. The normalized spacial score (nSPS) is 12.7. The lowest BCUT2D eigenvalue weighted by Crippen LogP contribution is -2.12. The molecule has 3 rings (SSSR count). The number of nitrogens with one attached hydrogen (secondary N) is 1. The molecule has 0 amide bonds. The molecule has 3 aromatic heterocycles. The number of hydrogen-bond donors (Lipinski definition) is 1. The van der Waals surface area contributed by atoms with Gasteiger partial charge in [-0.05, 0) is 13.8 Å². The van der Waals surface area contributed by atoms with E-state index < -0.39 is 0 Å². The topological polar surface area (TPSA) is 77.2 Å². The number of anilines is 1. The summed E-state index contributed by atoms with van der Waals surface area (Å²) in [7, 11) is 1.64. The van der Waals surface area contributed by atoms with Crippen molar-refractivity contribution in [3.05, 3.63) is 34.2 Å². The lowest BCUT2D eigenvalue weighted by Gasteiger charge is -2.14. The van der Waals surface area contributed by atoms with Gasteiger partial charge in [0.15, 0.2) is 0 Å². The molecule has 1 unspecified atom stereocenters. The highest BCUT2D eigenvalue weighted by Crippen LogP contribution is 2.23. The zero-order valence-corrected chi connectivity index (χ0v) is 12.9. The van der Waals surface area contributed by atoms with E-state index in [9.17, 15) is 0 Å². The first-order chi connectivity index (χ1) is 10.2. The molecule has 1 atom stereocenters. The zero-order valence-electron chi connectivity index (χ0n) is 12.1. The van der Waals surface area contributed by atoms with Crippen molar-refractivity contribution < 1.29 is 4.74 Å². The van der Waals surface area contributed by atoms with Crippen LogP contribution in [0.3, 0.4) is 0 Å². The monoisotopic (exact) mass is 304 g/mol. The molecule has 3 heterocycles. The van der Waals surface area contributed by atoms with E-state index in [0.717, 1.165) is 16.5 Å². The summed E-state index contributed by atoms with van der Waals surface area (Å²) >= 11 is 1.68. The Morgan fingerprint density at radius 1 is 1.43 bits per heavy atom. The third-order valence-electron chi connectivity index (χ3n) is 2.97. The number of methoxy groups -OCH3 is 1. The maximum atomic E-state index is 5.14. The summed E-state index contributed by atoms with van der Waals surface area (Å²) in [6.07, 6.45) is 3.37. The van der Waals surface area contributed by atoms with E-state index in [0.29, 0.717) is 12.4 Å². The van der Waals surface area contributed by atoms with Crippen molar-refractivity contribution in [1.82, 2.24) is 24.6 Å². The van der Waals surface area contributed by atoms with Crippen LogP contribution in [0.4, 0.5) is 5.82 Å². The molecule has 0 aliphatic rings. The first-order valence-corrected chi connectivity index (χ1v) is 7.36. The van der Waals surface area contributed by atoms with Gasteiger partial charge in [-0.3, -0.25) is 0 Å². The van der Waals surface area contributed by atoms with Gasteiger partial charge >= 0.3 is 0 Å². The number of hydrogen-bond acceptors (Lipinski definition) is 7. The maximum Gasteiger partial charge on any atom is 0.254 e. The minimum absolute atomic E-state index is 0.0777. The van der Waals surface area contributed by atoms with Gasteiger partial charge in [-0.25, -0.2) is 9.97 Å². The van der Waals surface area contributed by atoms with Crippen molar-refractivity contribution >= 4 is 22.9 Å². The van der Waals surface area contributed by atoms with E-state index >= 15 is 0 Å². The van der Waals surface area contributed by atoms with E-state index in [1.54, 1.807) is 23.0 Å². The van der Waals surface area contributed by atoms with Gasteiger partial charge in [-0.1, -0.05) is 0 Å². The lowest BCUT2D eigenvalue weighted by atomic mass is 10.3. The van der Waals surface area contributed by atoms with Gasteiger partial charge in [0.05, 0.1) is 18.3 Å². The first kappa shape index (κ1) is 13.9. The van der Waals surface area contributed by atoms with Crippen LogP contribution >= 0.6 is 11.3 Å². The van der Waals surface area contributed by atoms with Crippen molar-refractivity contribution in [3.63, 3.8) is 0 Å². The van der Waals surface area contributed by atoms with E-state index in [1.165, 1.54) is 11.2 Å². The fourth-order valence-electron chi connectivity index (χ4n) is 2.04. The Balaban J connectivity index is 1.93. The Morgan fingerprint density at radius 3 is 3.00 bits per heavy atom. The van der Waals surface area contributed by atoms with E-state index in [1.807, 2.05) is 19.2 Å². The van der Waals surface area contributed by atoms with Crippen LogP contribution in [-0.4, -0.2) is 31.7 Å². The minimum Gasteiger partial charge on any atom is -0.378 e. The number of aryl methyl sites for hydroxylation is 1. The van der Waals surface area contributed by atoms with E-state index in [2.05, 4.69) is 32.3 Å². The second-order valence-electron chi connectivity index (χ2n) is 4.71. The Kier molecular flexibility index (Phi) is 3.80. The number of ether oxygens (including phenoxy) is 1. The Bertz CT molecular complexity index is 752. The number of thiazole rings is 1. The highest BCUT2D eigenvalue weighted by atomic mass is 32.1. The fraction of sp³-hybridized carbons (Fsp3) is 0.385. The van der Waals surface area contributed by atoms with Gasteiger partial charge in [0.1, 0.15) is 17.2 Å². The SMILES string of the molecule is COCc1cc(NC(C)c2ncc(C)s2)n2ncnc2n1. The molecule has 8 heteroatoms. The summed E-state index contributed by atoms with van der Waals surface area (Å²) in [4.78, 5) is 14.1. The molecule has 0 saturated heterocycles. The second-order valence-corrected chi connectivity index (χ2v) is 5.98. The zero-order chi connectivity index (χ0) is 14.8. The molecule has 7 nitrogen and oxygen atoms in total. The van der Waals surface area contributed by atoms with Crippen LogP contribution in [0, 0.1) is 6.92 Å². The number of rotatable bonds is 5. The molecular formula is C13H16N6OS. The average Bonchev–Trinajstić information content (AvgIpc) is 3.07. The van der Waals surface area contributed by atoms with Crippen LogP contribution in [0.15, 0.2) is 18.6 Å². The minimum atomic E-state index is 0.0777. The first-order valence-electron chi connectivity index (χ1n) is 6.55. The third-order valence-corrected chi connectivity index (χ3v) is 4.07. The smallest absolute Gasteiger partial charge is 0.254 e. The summed E-state index contributed by atoms with van der Waals surface area (Å²) in [6, 6.07) is 2.00. The number of nitrogens with zero attached hydrogens (tertiary/aromatic N) is 5. The van der Waals surface area contributed by atoms with Crippen molar-refractivity contribution in [2.45, 2.75) is 26.5 Å². The summed E-state index contributed by atoms with van der Waals surface area (Å²) in [6.45, 7) is 4.55. The summed E-state index contributed by atoms with van der Waals surface area (Å²) in [5.74, 6) is 1.37. The molecule has 0 aromatic carbocycles. The fourth-order valence-corrected chi connectivity index (χ4v) is 2.82. The predicted molar refractivity (Wildman–Crippen MR) is 80.4 cm³/mol. The molecule has 0 spiro atoms. The van der Waals surface area contributed by atoms with Crippen LogP contribution in [-0.2, 0) is 11.3 Å². The molecule has 110 valence electrons.